The Morgan fingerprint density at radius 1 is 1.18 bits per heavy atom. The molecule has 5 rings (SSSR count). The van der Waals surface area contributed by atoms with E-state index in [1.54, 1.807) is 6.07 Å². The summed E-state index contributed by atoms with van der Waals surface area (Å²) in [5.74, 6) is 0.844. The van der Waals surface area contributed by atoms with Crippen LogP contribution >= 0.6 is 35.3 Å². The molecule has 0 aliphatic carbocycles. The first-order chi connectivity index (χ1) is 16.0. The molecule has 9 heteroatoms. The zero-order valence-electron chi connectivity index (χ0n) is 18.2. The molecule has 170 valence electrons. The summed E-state index contributed by atoms with van der Waals surface area (Å²) in [7, 11) is 0. The van der Waals surface area contributed by atoms with Crippen LogP contribution in [-0.2, 0) is 11.3 Å². The van der Waals surface area contributed by atoms with Gasteiger partial charge in [0.2, 0.25) is 5.91 Å². The molecule has 2 aromatic heterocycles. The van der Waals surface area contributed by atoms with Crippen LogP contribution in [0.15, 0.2) is 53.3 Å². The number of aryl methyl sites for hydroxylation is 1. The average Bonchev–Trinajstić information content (AvgIpc) is 3.18. The van der Waals surface area contributed by atoms with E-state index in [9.17, 15) is 9.59 Å². The predicted molar refractivity (Wildman–Crippen MR) is 139 cm³/mol. The van der Waals surface area contributed by atoms with Gasteiger partial charge in [0.25, 0.3) is 5.56 Å². The summed E-state index contributed by atoms with van der Waals surface area (Å²) >= 11 is 8.55. The Bertz CT molecular complexity index is 1250. The van der Waals surface area contributed by atoms with Gasteiger partial charge in [-0.2, -0.15) is 0 Å². The molecule has 1 aromatic carbocycles. The Morgan fingerprint density at radius 2 is 2.00 bits per heavy atom. The van der Waals surface area contributed by atoms with Gasteiger partial charge in [-0.15, -0.1) is 11.3 Å². The zero-order chi connectivity index (χ0) is 22.9. The first-order valence-corrected chi connectivity index (χ1v) is 13.1. The number of thiazole rings is 1. The monoisotopic (exact) mass is 496 g/mol. The Kier molecular flexibility index (Phi) is 6.36. The summed E-state index contributed by atoms with van der Waals surface area (Å²) in [6, 6.07) is 15.5. The van der Waals surface area contributed by atoms with Crippen LogP contribution in [0.1, 0.15) is 22.9 Å². The van der Waals surface area contributed by atoms with E-state index in [0.717, 1.165) is 52.2 Å². The number of benzene rings is 1. The third-order valence-electron chi connectivity index (χ3n) is 6.15. The van der Waals surface area contributed by atoms with Crippen LogP contribution in [0.25, 0.3) is 11.3 Å². The lowest BCUT2D eigenvalue weighted by Gasteiger charge is -2.43. The highest BCUT2D eigenvalue weighted by Gasteiger charge is 2.35. The number of likely N-dealkylation sites (tertiary alicyclic amines) is 1. The van der Waals surface area contributed by atoms with Gasteiger partial charge in [0.1, 0.15) is 4.32 Å². The highest BCUT2D eigenvalue weighted by atomic mass is 32.2. The summed E-state index contributed by atoms with van der Waals surface area (Å²) in [5.41, 5.74) is 3.12. The van der Waals surface area contributed by atoms with Gasteiger partial charge in [-0.3, -0.25) is 9.59 Å². The first-order valence-electron chi connectivity index (χ1n) is 10.9. The third kappa shape index (κ3) is 4.76. The second-order valence-corrected chi connectivity index (χ2v) is 11.3. The summed E-state index contributed by atoms with van der Waals surface area (Å²) in [5, 5.41) is 3.53. The smallest absolute Gasteiger partial charge is 0.250 e. The Balaban J connectivity index is 1.18. The fraction of sp³-hybridized carbons (Fsp3) is 0.333. The number of carbonyl (C=O) groups is 1. The molecule has 2 atom stereocenters. The Labute approximate surface area is 206 Å². The summed E-state index contributed by atoms with van der Waals surface area (Å²) < 4.78 is 2.66. The predicted octanol–water partition coefficient (Wildman–Crippen LogP) is 4.36. The molecular formula is C24H24N4O2S3. The molecule has 2 aliphatic rings. The van der Waals surface area contributed by atoms with Crippen LogP contribution in [-0.4, -0.2) is 43.5 Å². The number of anilines is 1. The number of rotatable bonds is 4. The molecule has 6 nitrogen and oxygen atoms in total. The molecule has 1 saturated heterocycles. The van der Waals surface area contributed by atoms with Gasteiger partial charge >= 0.3 is 0 Å². The quantitative estimate of drug-likeness (QED) is 0.542. The van der Waals surface area contributed by atoms with Crippen LogP contribution in [0.5, 0.6) is 0 Å². The summed E-state index contributed by atoms with van der Waals surface area (Å²) in [6.45, 7) is 4.37. The van der Waals surface area contributed by atoms with Crippen LogP contribution in [0, 0.1) is 12.8 Å². The van der Waals surface area contributed by atoms with Crippen LogP contribution in [0.2, 0.25) is 0 Å². The number of hydrogen-bond acceptors (Lipinski definition) is 6. The average molecular weight is 497 g/mol. The molecule has 0 spiro atoms. The lowest BCUT2D eigenvalue weighted by molar-refractivity contribution is -0.113. The zero-order valence-corrected chi connectivity index (χ0v) is 20.6. The van der Waals surface area contributed by atoms with Crippen molar-refractivity contribution in [1.82, 2.24) is 14.5 Å². The second-order valence-electron chi connectivity index (χ2n) is 8.50. The maximum absolute atomic E-state index is 12.6. The number of nitrogens with one attached hydrogen (secondary N) is 1. The number of pyridine rings is 1. The van der Waals surface area contributed by atoms with Gasteiger partial charge < -0.3 is 14.8 Å². The fourth-order valence-corrected chi connectivity index (χ4v) is 6.57. The molecule has 0 saturated carbocycles. The van der Waals surface area contributed by atoms with Crippen molar-refractivity contribution in [3.63, 3.8) is 0 Å². The topological polar surface area (TPSA) is 67.2 Å². The highest BCUT2D eigenvalue weighted by molar-refractivity contribution is 8.23. The molecular weight excluding hydrogens is 472 g/mol. The molecule has 1 N–H and O–H groups in total. The third-order valence-corrected chi connectivity index (χ3v) is 8.56. The van der Waals surface area contributed by atoms with E-state index in [1.807, 2.05) is 47.9 Å². The lowest BCUT2D eigenvalue weighted by atomic mass is 9.83. The molecule has 0 radical (unpaired) electrons. The van der Waals surface area contributed by atoms with Gasteiger partial charge in [-0.05, 0) is 25.3 Å². The standard InChI is InChI=1S/C24H24N4O2S3/c1-15-22(17-6-3-2-4-7-17)26-23(33-15)25-20(29)14-32-24(31)27-11-16-10-18(13-27)19-8-5-9-21(30)28(19)12-16/h2-9,16,18H,10-14H2,1H3,(H,25,26,29)/t16-,18-/m0/s1. The largest absolute Gasteiger partial charge is 0.356 e. The molecule has 33 heavy (non-hydrogen) atoms. The molecule has 4 heterocycles. The number of fused-ring (bicyclic) bond motifs is 4. The van der Waals surface area contributed by atoms with E-state index in [4.69, 9.17) is 12.2 Å². The van der Waals surface area contributed by atoms with Crippen molar-refractivity contribution in [2.75, 3.05) is 24.2 Å². The van der Waals surface area contributed by atoms with Gasteiger partial charge in [0.15, 0.2) is 5.13 Å². The number of piperidine rings is 1. The van der Waals surface area contributed by atoms with Crippen molar-refractivity contribution in [1.29, 1.82) is 0 Å². The number of carbonyl (C=O) groups excluding carboxylic acids is 1. The van der Waals surface area contributed by atoms with Gasteiger partial charge in [0.05, 0.1) is 11.4 Å². The van der Waals surface area contributed by atoms with E-state index >= 15 is 0 Å². The molecule has 1 fully saturated rings. The fourth-order valence-electron chi connectivity index (χ4n) is 4.73. The molecule has 2 bridgehead atoms. The van der Waals surface area contributed by atoms with Crippen molar-refractivity contribution in [3.8, 4) is 11.3 Å². The number of thioether (sulfide) groups is 1. The number of nitrogens with zero attached hydrogens (tertiary/aromatic N) is 3. The lowest BCUT2D eigenvalue weighted by Crippen LogP contribution is -2.48. The van der Waals surface area contributed by atoms with Crippen molar-refractivity contribution >= 4 is 50.7 Å². The minimum absolute atomic E-state index is 0.0807. The molecule has 1 amide bonds. The van der Waals surface area contributed by atoms with E-state index in [1.165, 1.54) is 23.1 Å². The van der Waals surface area contributed by atoms with Crippen molar-refractivity contribution in [3.05, 3.63) is 69.5 Å². The van der Waals surface area contributed by atoms with Crippen molar-refractivity contribution in [2.24, 2.45) is 5.92 Å². The molecule has 2 aliphatic heterocycles. The maximum atomic E-state index is 12.6. The number of amides is 1. The number of aromatic nitrogens is 2. The maximum Gasteiger partial charge on any atom is 0.250 e. The van der Waals surface area contributed by atoms with Crippen molar-refractivity contribution < 1.29 is 4.79 Å². The second kappa shape index (κ2) is 9.40. The number of hydrogen-bond donors (Lipinski definition) is 1. The molecule has 3 aromatic rings. The molecule has 0 unspecified atom stereocenters. The Hall–Kier alpha value is -2.49. The van der Waals surface area contributed by atoms with Crippen LogP contribution in [0.4, 0.5) is 5.13 Å². The summed E-state index contributed by atoms with van der Waals surface area (Å²) in [6.07, 6.45) is 1.08. The minimum atomic E-state index is -0.107. The normalized spacial score (nSPS) is 19.1. The van der Waals surface area contributed by atoms with E-state index in [0.29, 0.717) is 17.0 Å². The van der Waals surface area contributed by atoms with Crippen molar-refractivity contribution in [2.45, 2.75) is 25.8 Å². The minimum Gasteiger partial charge on any atom is -0.356 e. The number of thiocarbonyl (C=S) groups is 1. The van der Waals surface area contributed by atoms with E-state index in [2.05, 4.69) is 21.3 Å². The Morgan fingerprint density at radius 3 is 2.82 bits per heavy atom. The van der Waals surface area contributed by atoms with E-state index < -0.39 is 0 Å². The van der Waals surface area contributed by atoms with E-state index in [-0.39, 0.29) is 17.2 Å². The first kappa shape index (κ1) is 22.3. The highest BCUT2D eigenvalue weighted by Crippen LogP contribution is 2.36. The SMILES string of the molecule is Cc1sc(NC(=O)CSC(=S)N2C[C@@H]3C[C@@H](C2)c2cccc(=O)n2C3)nc1-c1ccccc1. The van der Waals surface area contributed by atoms with Gasteiger partial charge in [-0.1, -0.05) is 60.4 Å². The summed E-state index contributed by atoms with van der Waals surface area (Å²) in [4.78, 5) is 32.7. The van der Waals surface area contributed by atoms with Gasteiger partial charge in [0, 0.05) is 47.8 Å². The van der Waals surface area contributed by atoms with Crippen LogP contribution < -0.4 is 10.9 Å². The van der Waals surface area contributed by atoms with Crippen LogP contribution in [0.3, 0.4) is 0 Å². The van der Waals surface area contributed by atoms with Gasteiger partial charge in [-0.25, -0.2) is 4.98 Å².